The van der Waals surface area contributed by atoms with E-state index in [-0.39, 0.29) is 24.0 Å². The smallest absolute Gasteiger partial charge is 0.328 e. The molecule has 0 radical (unpaired) electrons. The lowest BCUT2D eigenvalue weighted by Gasteiger charge is -2.27. The van der Waals surface area contributed by atoms with E-state index in [2.05, 4.69) is 5.32 Å². The molecule has 1 heterocycles. The third-order valence-corrected chi connectivity index (χ3v) is 5.80. The monoisotopic (exact) mass is 456 g/mol. The van der Waals surface area contributed by atoms with Crippen molar-refractivity contribution >= 4 is 23.7 Å². The summed E-state index contributed by atoms with van der Waals surface area (Å²) in [5.41, 5.74) is 2.12. The molecule has 0 aromatic heterocycles. The standard InChI is InChI=1S/C27H24N2O5/c1-34-27(33)22(16-18-10-4-2-5-11-18)28-24(30)23(17-19-12-6-3-7-13-19)29-25(31)20-14-8-9-15-21(20)26(29)32/h2-15,22-23H,16-17H2,1H3,(H,28,30)/t22-,23-/m0/s1. The summed E-state index contributed by atoms with van der Waals surface area (Å²) in [7, 11) is 1.25. The molecular formula is C27H24N2O5. The number of benzene rings is 3. The maximum absolute atomic E-state index is 13.5. The molecule has 0 unspecified atom stereocenters. The number of ether oxygens (including phenoxy) is 1. The zero-order chi connectivity index (χ0) is 24.1. The van der Waals surface area contributed by atoms with Gasteiger partial charge in [0.05, 0.1) is 18.2 Å². The summed E-state index contributed by atoms with van der Waals surface area (Å²) in [6.07, 6.45) is 0.316. The van der Waals surface area contributed by atoms with Crippen LogP contribution >= 0.6 is 0 Å². The van der Waals surface area contributed by atoms with Crippen molar-refractivity contribution in [2.45, 2.75) is 24.9 Å². The first kappa shape index (κ1) is 22.9. The number of carbonyl (C=O) groups is 4. The second kappa shape index (κ2) is 10.1. The number of rotatable bonds is 8. The number of methoxy groups -OCH3 is 1. The molecule has 0 fully saturated rings. The minimum atomic E-state index is -1.14. The second-order valence-corrected chi connectivity index (χ2v) is 8.01. The second-order valence-electron chi connectivity index (χ2n) is 8.01. The third kappa shape index (κ3) is 4.73. The van der Waals surface area contributed by atoms with Gasteiger partial charge in [-0.15, -0.1) is 0 Å². The molecule has 0 bridgehead atoms. The zero-order valence-corrected chi connectivity index (χ0v) is 18.6. The molecule has 3 aromatic rings. The van der Waals surface area contributed by atoms with Gasteiger partial charge in [-0.05, 0) is 23.3 Å². The average Bonchev–Trinajstić information content (AvgIpc) is 3.12. The molecule has 4 rings (SSSR count). The third-order valence-electron chi connectivity index (χ3n) is 5.80. The highest BCUT2D eigenvalue weighted by Gasteiger charge is 2.43. The molecule has 1 aliphatic rings. The molecule has 34 heavy (non-hydrogen) atoms. The van der Waals surface area contributed by atoms with Crippen LogP contribution in [0.2, 0.25) is 0 Å². The maximum atomic E-state index is 13.5. The predicted octanol–water partition coefficient (Wildman–Crippen LogP) is 2.79. The Labute approximate surface area is 197 Å². The van der Waals surface area contributed by atoms with E-state index in [0.29, 0.717) is 0 Å². The molecule has 0 saturated carbocycles. The van der Waals surface area contributed by atoms with Crippen LogP contribution in [0.4, 0.5) is 0 Å². The molecule has 7 heteroatoms. The van der Waals surface area contributed by atoms with Gasteiger partial charge in [-0.25, -0.2) is 4.79 Å². The number of imide groups is 1. The van der Waals surface area contributed by atoms with E-state index < -0.39 is 35.8 Å². The number of nitrogens with one attached hydrogen (secondary N) is 1. The summed E-state index contributed by atoms with van der Waals surface area (Å²) < 4.78 is 4.90. The van der Waals surface area contributed by atoms with Crippen LogP contribution in [-0.4, -0.2) is 47.8 Å². The van der Waals surface area contributed by atoms with Gasteiger partial charge in [0.2, 0.25) is 5.91 Å². The molecule has 3 amide bonds. The number of fused-ring (bicyclic) bond motifs is 1. The Morgan fingerprint density at radius 2 is 1.24 bits per heavy atom. The Bertz CT molecular complexity index is 1170. The number of hydrogen-bond acceptors (Lipinski definition) is 5. The first-order valence-electron chi connectivity index (χ1n) is 10.9. The molecule has 2 atom stereocenters. The van der Waals surface area contributed by atoms with Crippen LogP contribution in [0.1, 0.15) is 31.8 Å². The summed E-state index contributed by atoms with van der Waals surface area (Å²) in [5.74, 6) is -2.29. The molecule has 0 aliphatic carbocycles. The van der Waals surface area contributed by atoms with Gasteiger partial charge in [-0.2, -0.15) is 0 Å². The van der Waals surface area contributed by atoms with Crippen molar-refractivity contribution < 1.29 is 23.9 Å². The topological polar surface area (TPSA) is 92.8 Å². The van der Waals surface area contributed by atoms with E-state index in [1.807, 2.05) is 60.7 Å². The molecule has 3 aromatic carbocycles. The van der Waals surface area contributed by atoms with Gasteiger partial charge in [0.25, 0.3) is 11.8 Å². The molecule has 0 saturated heterocycles. The van der Waals surface area contributed by atoms with Gasteiger partial charge in [0, 0.05) is 12.8 Å². The Morgan fingerprint density at radius 1 is 0.765 bits per heavy atom. The Kier molecular flexibility index (Phi) is 6.82. The Balaban J connectivity index is 1.64. The van der Waals surface area contributed by atoms with Gasteiger partial charge >= 0.3 is 5.97 Å². The van der Waals surface area contributed by atoms with Crippen molar-refractivity contribution in [3.63, 3.8) is 0 Å². The average molecular weight is 456 g/mol. The van der Waals surface area contributed by atoms with Crippen molar-refractivity contribution in [1.82, 2.24) is 10.2 Å². The summed E-state index contributed by atoms with van der Waals surface area (Å²) in [4.78, 5) is 53.3. The van der Waals surface area contributed by atoms with Crippen molar-refractivity contribution in [2.24, 2.45) is 0 Å². The number of carbonyl (C=O) groups excluding carboxylic acids is 4. The number of hydrogen-bond donors (Lipinski definition) is 1. The van der Waals surface area contributed by atoms with E-state index in [1.165, 1.54) is 7.11 Å². The minimum Gasteiger partial charge on any atom is -0.467 e. The molecule has 1 aliphatic heterocycles. The fourth-order valence-electron chi connectivity index (χ4n) is 4.08. The Hall–Kier alpha value is -4.26. The molecule has 1 N–H and O–H groups in total. The van der Waals surface area contributed by atoms with Crippen LogP contribution in [-0.2, 0) is 27.2 Å². The van der Waals surface area contributed by atoms with Crippen molar-refractivity contribution in [3.05, 3.63) is 107 Å². The highest BCUT2D eigenvalue weighted by molar-refractivity contribution is 6.22. The summed E-state index contributed by atoms with van der Waals surface area (Å²) >= 11 is 0. The van der Waals surface area contributed by atoms with E-state index >= 15 is 0 Å². The number of amides is 3. The quantitative estimate of drug-likeness (QED) is 0.416. The van der Waals surface area contributed by atoms with Crippen LogP contribution < -0.4 is 5.32 Å². The fraction of sp³-hybridized carbons (Fsp3) is 0.185. The molecule has 172 valence electrons. The van der Waals surface area contributed by atoms with Crippen LogP contribution in [0.15, 0.2) is 84.9 Å². The van der Waals surface area contributed by atoms with Crippen LogP contribution in [0.25, 0.3) is 0 Å². The van der Waals surface area contributed by atoms with Gasteiger partial charge in [-0.1, -0.05) is 72.8 Å². The predicted molar refractivity (Wildman–Crippen MR) is 125 cm³/mol. The van der Waals surface area contributed by atoms with E-state index in [4.69, 9.17) is 4.74 Å². The summed E-state index contributed by atoms with van der Waals surface area (Å²) in [6, 6.07) is 22.7. The summed E-state index contributed by atoms with van der Waals surface area (Å²) in [6.45, 7) is 0. The highest BCUT2D eigenvalue weighted by Crippen LogP contribution is 2.26. The Morgan fingerprint density at radius 3 is 1.74 bits per heavy atom. The van der Waals surface area contributed by atoms with Gasteiger partial charge in [-0.3, -0.25) is 19.3 Å². The summed E-state index contributed by atoms with van der Waals surface area (Å²) in [5, 5.41) is 2.72. The minimum absolute atomic E-state index is 0.109. The largest absolute Gasteiger partial charge is 0.467 e. The van der Waals surface area contributed by atoms with Gasteiger partial charge < -0.3 is 10.1 Å². The maximum Gasteiger partial charge on any atom is 0.328 e. The highest BCUT2D eigenvalue weighted by atomic mass is 16.5. The number of esters is 1. The van der Waals surface area contributed by atoms with E-state index in [0.717, 1.165) is 16.0 Å². The van der Waals surface area contributed by atoms with Crippen LogP contribution in [0.5, 0.6) is 0 Å². The molecular weight excluding hydrogens is 432 g/mol. The SMILES string of the molecule is COC(=O)[C@H](Cc1ccccc1)NC(=O)[C@H](Cc1ccccc1)N1C(=O)c2ccccc2C1=O. The zero-order valence-electron chi connectivity index (χ0n) is 18.6. The molecule has 7 nitrogen and oxygen atoms in total. The van der Waals surface area contributed by atoms with E-state index in [9.17, 15) is 19.2 Å². The lowest BCUT2D eigenvalue weighted by atomic mass is 10.0. The number of nitrogens with zero attached hydrogens (tertiary/aromatic N) is 1. The lowest BCUT2D eigenvalue weighted by molar-refractivity contribution is -0.145. The lowest BCUT2D eigenvalue weighted by Crippen LogP contribution is -2.54. The van der Waals surface area contributed by atoms with Crippen molar-refractivity contribution in [3.8, 4) is 0 Å². The van der Waals surface area contributed by atoms with Crippen molar-refractivity contribution in [2.75, 3.05) is 7.11 Å². The first-order valence-corrected chi connectivity index (χ1v) is 10.9. The first-order chi connectivity index (χ1) is 16.5. The fourth-order valence-corrected chi connectivity index (χ4v) is 4.08. The van der Waals surface area contributed by atoms with E-state index in [1.54, 1.807) is 24.3 Å². The normalized spacial score (nSPS) is 14.3. The van der Waals surface area contributed by atoms with Crippen LogP contribution in [0.3, 0.4) is 0 Å². The van der Waals surface area contributed by atoms with Gasteiger partial charge in [0.15, 0.2) is 0 Å². The van der Waals surface area contributed by atoms with Crippen LogP contribution in [0, 0.1) is 0 Å². The molecule has 0 spiro atoms. The van der Waals surface area contributed by atoms with Gasteiger partial charge in [0.1, 0.15) is 12.1 Å². The van der Waals surface area contributed by atoms with Crippen molar-refractivity contribution in [1.29, 1.82) is 0 Å².